The van der Waals surface area contributed by atoms with Crippen LogP contribution in [0.1, 0.15) is 18.4 Å². The summed E-state index contributed by atoms with van der Waals surface area (Å²) < 4.78 is 4.88. The second-order valence-electron chi connectivity index (χ2n) is 3.08. The van der Waals surface area contributed by atoms with Crippen LogP contribution in [-0.4, -0.2) is 18.3 Å². The molecule has 15 heavy (non-hydrogen) atoms. The van der Waals surface area contributed by atoms with Gasteiger partial charge in [0.1, 0.15) is 6.29 Å². The van der Waals surface area contributed by atoms with E-state index in [-0.39, 0.29) is 11.4 Å². The molecule has 0 radical (unpaired) electrons. The second kappa shape index (κ2) is 4.54. The second-order valence-corrected chi connectivity index (χ2v) is 3.08. The van der Waals surface area contributed by atoms with Crippen molar-refractivity contribution < 1.29 is 14.5 Å². The number of para-hydroxylation sites is 1. The van der Waals surface area contributed by atoms with Gasteiger partial charge in [-0.05, 0) is 6.07 Å². The molecule has 1 unspecified atom stereocenters. The number of carbonyl (C=O) groups excluding carboxylic acids is 1. The standard InChI is InChI=1S/C10H11NO4/c1-7(6-12)8-4-3-5-9(15-2)10(8)11(13)14/h3-7H,1-2H3. The first-order valence-electron chi connectivity index (χ1n) is 4.38. The molecule has 1 aromatic carbocycles. The Hall–Kier alpha value is -1.91. The van der Waals surface area contributed by atoms with Crippen LogP contribution in [0.25, 0.3) is 0 Å². The summed E-state index contributed by atoms with van der Waals surface area (Å²) in [5, 5.41) is 10.8. The van der Waals surface area contributed by atoms with Crippen molar-refractivity contribution >= 4 is 12.0 Å². The summed E-state index contributed by atoms with van der Waals surface area (Å²) in [6.45, 7) is 1.61. The van der Waals surface area contributed by atoms with Crippen molar-refractivity contribution in [3.8, 4) is 5.75 Å². The van der Waals surface area contributed by atoms with Crippen molar-refractivity contribution in [2.45, 2.75) is 12.8 Å². The van der Waals surface area contributed by atoms with Crippen LogP contribution in [-0.2, 0) is 4.79 Å². The molecule has 0 heterocycles. The maximum atomic E-state index is 10.8. The number of rotatable bonds is 4. The lowest BCUT2D eigenvalue weighted by Crippen LogP contribution is -2.02. The van der Waals surface area contributed by atoms with E-state index in [1.807, 2.05) is 0 Å². The summed E-state index contributed by atoms with van der Waals surface area (Å²) in [4.78, 5) is 20.9. The van der Waals surface area contributed by atoms with Gasteiger partial charge in [0.2, 0.25) is 0 Å². The number of ether oxygens (including phenoxy) is 1. The van der Waals surface area contributed by atoms with Gasteiger partial charge in [-0.2, -0.15) is 0 Å². The van der Waals surface area contributed by atoms with Crippen LogP contribution in [0.15, 0.2) is 18.2 Å². The number of aldehydes is 1. The van der Waals surface area contributed by atoms with Crippen molar-refractivity contribution in [2.24, 2.45) is 0 Å². The molecule has 0 saturated carbocycles. The van der Waals surface area contributed by atoms with Gasteiger partial charge in [0.05, 0.1) is 12.0 Å². The van der Waals surface area contributed by atoms with Crippen LogP contribution >= 0.6 is 0 Å². The van der Waals surface area contributed by atoms with E-state index in [9.17, 15) is 14.9 Å². The van der Waals surface area contributed by atoms with Crippen molar-refractivity contribution in [1.29, 1.82) is 0 Å². The molecule has 1 atom stereocenters. The lowest BCUT2D eigenvalue weighted by atomic mass is 10.0. The molecule has 0 spiro atoms. The third-order valence-electron chi connectivity index (χ3n) is 2.13. The van der Waals surface area contributed by atoms with Gasteiger partial charge in [-0.15, -0.1) is 0 Å². The minimum atomic E-state index is -0.534. The van der Waals surface area contributed by atoms with Crippen LogP contribution in [0.5, 0.6) is 5.75 Å². The largest absolute Gasteiger partial charge is 0.490 e. The number of benzene rings is 1. The molecule has 1 aromatic rings. The fourth-order valence-electron chi connectivity index (χ4n) is 1.34. The molecule has 0 saturated heterocycles. The van der Waals surface area contributed by atoms with Crippen molar-refractivity contribution in [3.63, 3.8) is 0 Å². The average molecular weight is 209 g/mol. The van der Waals surface area contributed by atoms with E-state index in [1.54, 1.807) is 19.1 Å². The summed E-state index contributed by atoms with van der Waals surface area (Å²) in [5.41, 5.74) is 0.231. The summed E-state index contributed by atoms with van der Waals surface area (Å²) in [6.07, 6.45) is 0.668. The van der Waals surface area contributed by atoms with Crippen molar-refractivity contribution in [1.82, 2.24) is 0 Å². The number of nitrogens with zero attached hydrogens (tertiary/aromatic N) is 1. The predicted octanol–water partition coefficient (Wildman–Crippen LogP) is 1.91. The molecule has 0 amide bonds. The molecule has 0 aliphatic rings. The molecule has 0 N–H and O–H groups in total. The SMILES string of the molecule is COc1cccc(C(C)C=O)c1[N+](=O)[O-]. The number of nitro benzene ring substituents is 1. The lowest BCUT2D eigenvalue weighted by Gasteiger charge is -2.08. The Morgan fingerprint density at radius 2 is 2.20 bits per heavy atom. The first kappa shape index (κ1) is 11.2. The quantitative estimate of drug-likeness (QED) is 0.431. The van der Waals surface area contributed by atoms with Crippen LogP contribution in [0.2, 0.25) is 0 Å². The third-order valence-corrected chi connectivity index (χ3v) is 2.13. The Labute approximate surface area is 86.8 Å². The first-order valence-corrected chi connectivity index (χ1v) is 4.38. The molecule has 0 aliphatic heterocycles. The molecular weight excluding hydrogens is 198 g/mol. The highest BCUT2D eigenvalue weighted by Crippen LogP contribution is 2.34. The Morgan fingerprint density at radius 3 is 2.67 bits per heavy atom. The fourth-order valence-corrected chi connectivity index (χ4v) is 1.34. The molecule has 0 aliphatic carbocycles. The molecule has 1 rings (SSSR count). The normalized spacial score (nSPS) is 11.9. The van der Waals surface area contributed by atoms with E-state index in [4.69, 9.17) is 4.74 Å². The van der Waals surface area contributed by atoms with Crippen LogP contribution in [0, 0.1) is 10.1 Å². The maximum absolute atomic E-state index is 10.8. The van der Waals surface area contributed by atoms with Crippen molar-refractivity contribution in [2.75, 3.05) is 7.11 Å². The number of hydrogen-bond donors (Lipinski definition) is 0. The first-order chi connectivity index (χ1) is 7.11. The van der Waals surface area contributed by atoms with Gasteiger partial charge in [-0.1, -0.05) is 19.1 Å². The Morgan fingerprint density at radius 1 is 1.53 bits per heavy atom. The molecule has 0 bridgehead atoms. The van der Waals surface area contributed by atoms with E-state index in [2.05, 4.69) is 0 Å². The van der Waals surface area contributed by atoms with Gasteiger partial charge in [0.15, 0.2) is 5.75 Å². The van der Waals surface area contributed by atoms with Crippen LogP contribution < -0.4 is 4.74 Å². The number of methoxy groups -OCH3 is 1. The zero-order valence-corrected chi connectivity index (χ0v) is 8.47. The number of carbonyl (C=O) groups is 1. The van der Waals surface area contributed by atoms with E-state index in [0.29, 0.717) is 11.8 Å². The highest BCUT2D eigenvalue weighted by Gasteiger charge is 2.23. The molecule has 80 valence electrons. The van der Waals surface area contributed by atoms with E-state index in [0.717, 1.165) is 0 Å². The zero-order chi connectivity index (χ0) is 11.4. The molecular formula is C10H11NO4. The van der Waals surface area contributed by atoms with Gasteiger partial charge >= 0.3 is 5.69 Å². The summed E-state index contributed by atoms with van der Waals surface area (Å²) in [7, 11) is 1.36. The van der Waals surface area contributed by atoms with Gasteiger partial charge in [-0.3, -0.25) is 10.1 Å². The fraction of sp³-hybridized carbons (Fsp3) is 0.300. The number of nitro groups is 1. The van der Waals surface area contributed by atoms with Gasteiger partial charge in [0.25, 0.3) is 0 Å². The summed E-state index contributed by atoms with van der Waals surface area (Å²) in [6, 6.07) is 4.68. The topological polar surface area (TPSA) is 69.4 Å². The summed E-state index contributed by atoms with van der Waals surface area (Å²) in [5.74, 6) is -0.341. The highest BCUT2D eigenvalue weighted by atomic mass is 16.6. The van der Waals surface area contributed by atoms with E-state index < -0.39 is 10.8 Å². The molecule has 0 aromatic heterocycles. The molecule has 0 fully saturated rings. The van der Waals surface area contributed by atoms with Crippen molar-refractivity contribution in [3.05, 3.63) is 33.9 Å². The molecule has 5 heteroatoms. The Kier molecular flexibility index (Phi) is 3.38. The van der Waals surface area contributed by atoms with E-state index in [1.165, 1.54) is 13.2 Å². The minimum absolute atomic E-state index is 0.139. The minimum Gasteiger partial charge on any atom is -0.490 e. The average Bonchev–Trinajstić information content (AvgIpc) is 2.26. The monoisotopic (exact) mass is 209 g/mol. The predicted molar refractivity (Wildman–Crippen MR) is 54.1 cm³/mol. The zero-order valence-electron chi connectivity index (χ0n) is 8.47. The van der Waals surface area contributed by atoms with Crippen LogP contribution in [0.4, 0.5) is 5.69 Å². The third kappa shape index (κ3) is 2.12. The Bertz CT molecular complexity index is 389. The Balaban J connectivity index is 3.37. The maximum Gasteiger partial charge on any atom is 0.314 e. The van der Waals surface area contributed by atoms with Gasteiger partial charge < -0.3 is 9.53 Å². The van der Waals surface area contributed by atoms with Gasteiger partial charge in [0, 0.05) is 11.5 Å². The number of hydrogen-bond acceptors (Lipinski definition) is 4. The van der Waals surface area contributed by atoms with Gasteiger partial charge in [-0.25, -0.2) is 0 Å². The highest BCUT2D eigenvalue weighted by molar-refractivity contribution is 5.67. The van der Waals surface area contributed by atoms with Crippen LogP contribution in [0.3, 0.4) is 0 Å². The molecule has 5 nitrogen and oxygen atoms in total. The summed E-state index contributed by atoms with van der Waals surface area (Å²) >= 11 is 0. The van der Waals surface area contributed by atoms with E-state index >= 15 is 0 Å². The smallest absolute Gasteiger partial charge is 0.314 e. The lowest BCUT2D eigenvalue weighted by molar-refractivity contribution is -0.386.